The number of aromatic nitrogens is 1. The number of hydrogen-bond donors (Lipinski definition) is 1. The van der Waals surface area contributed by atoms with Gasteiger partial charge < -0.3 is 5.73 Å². The molecule has 1 aliphatic heterocycles. The lowest BCUT2D eigenvalue weighted by molar-refractivity contribution is 0.199. The highest BCUT2D eigenvalue weighted by Crippen LogP contribution is 2.16. The molecule has 1 atom stereocenters. The molecule has 1 aliphatic rings. The maximum Gasteiger partial charge on any atom is 0.0928 e. The summed E-state index contributed by atoms with van der Waals surface area (Å²) in [5.41, 5.74) is 7.20. The fourth-order valence-corrected chi connectivity index (χ4v) is 3.11. The van der Waals surface area contributed by atoms with Crippen molar-refractivity contribution in [2.24, 2.45) is 5.73 Å². The Morgan fingerprint density at radius 1 is 1.62 bits per heavy atom. The maximum atomic E-state index is 5.97. The first-order valence-electron chi connectivity index (χ1n) is 6.19. The molecule has 4 heteroatoms. The van der Waals surface area contributed by atoms with E-state index in [9.17, 15) is 0 Å². The lowest BCUT2D eigenvalue weighted by atomic mass is 10.1. The fraction of sp³-hybridized carbons (Fsp3) is 0.750. The summed E-state index contributed by atoms with van der Waals surface area (Å²) in [4.78, 5) is 7.08. The van der Waals surface area contributed by atoms with E-state index in [1.54, 1.807) is 11.3 Å². The van der Waals surface area contributed by atoms with Gasteiger partial charge in [0.1, 0.15) is 0 Å². The highest BCUT2D eigenvalue weighted by molar-refractivity contribution is 7.09. The van der Waals surface area contributed by atoms with Gasteiger partial charge in [0.05, 0.1) is 10.7 Å². The van der Waals surface area contributed by atoms with Crippen molar-refractivity contribution in [3.8, 4) is 0 Å². The topological polar surface area (TPSA) is 42.2 Å². The van der Waals surface area contributed by atoms with Crippen molar-refractivity contribution in [2.45, 2.75) is 45.2 Å². The third-order valence-corrected chi connectivity index (χ3v) is 3.95. The van der Waals surface area contributed by atoms with Crippen molar-refractivity contribution in [1.82, 2.24) is 9.88 Å². The molecule has 1 saturated heterocycles. The number of aryl methyl sites for hydroxylation is 1. The van der Waals surface area contributed by atoms with Crippen LogP contribution in [-0.2, 0) is 13.0 Å². The molecule has 16 heavy (non-hydrogen) atoms. The van der Waals surface area contributed by atoms with Gasteiger partial charge in [-0.05, 0) is 32.2 Å². The van der Waals surface area contributed by atoms with Crippen LogP contribution in [0.4, 0.5) is 0 Å². The van der Waals surface area contributed by atoms with Gasteiger partial charge in [0.25, 0.3) is 0 Å². The summed E-state index contributed by atoms with van der Waals surface area (Å²) in [6.45, 7) is 5.38. The lowest BCUT2D eigenvalue weighted by Gasteiger charge is -2.29. The molecule has 0 bridgehead atoms. The van der Waals surface area contributed by atoms with E-state index in [-0.39, 0.29) is 0 Å². The number of nitrogens with two attached hydrogens (primary N) is 1. The average molecular weight is 239 g/mol. The molecule has 0 spiro atoms. The summed E-state index contributed by atoms with van der Waals surface area (Å²) < 4.78 is 0. The Balaban J connectivity index is 1.87. The molecule has 2 rings (SSSR count). The quantitative estimate of drug-likeness (QED) is 0.874. The van der Waals surface area contributed by atoms with Crippen molar-refractivity contribution >= 4 is 11.3 Å². The predicted octanol–water partition coefficient (Wildman–Crippen LogP) is 2.02. The average Bonchev–Trinajstić information content (AvgIpc) is 2.66. The van der Waals surface area contributed by atoms with Crippen LogP contribution in [0.15, 0.2) is 5.38 Å². The van der Waals surface area contributed by atoms with Gasteiger partial charge in [0, 0.05) is 24.5 Å². The van der Waals surface area contributed by atoms with E-state index in [2.05, 4.69) is 22.2 Å². The molecular formula is C12H21N3S. The summed E-state index contributed by atoms with van der Waals surface area (Å²) in [5.74, 6) is 0. The molecule has 2 heterocycles. The lowest BCUT2D eigenvalue weighted by Crippen LogP contribution is -2.42. The van der Waals surface area contributed by atoms with Crippen LogP contribution in [0.2, 0.25) is 0 Å². The number of hydrogen-bond acceptors (Lipinski definition) is 4. The van der Waals surface area contributed by atoms with E-state index in [1.165, 1.54) is 36.5 Å². The van der Waals surface area contributed by atoms with Crippen LogP contribution in [0.5, 0.6) is 0 Å². The minimum Gasteiger partial charge on any atom is -0.327 e. The Morgan fingerprint density at radius 2 is 2.50 bits per heavy atom. The van der Waals surface area contributed by atoms with E-state index < -0.39 is 0 Å². The number of rotatable bonds is 4. The molecule has 0 radical (unpaired) electrons. The van der Waals surface area contributed by atoms with E-state index in [0.29, 0.717) is 6.04 Å². The SMILES string of the molecule is CCCc1nc(CN2CCCC(N)C2)cs1. The van der Waals surface area contributed by atoms with Gasteiger partial charge in [-0.15, -0.1) is 11.3 Å². The third kappa shape index (κ3) is 3.27. The zero-order valence-corrected chi connectivity index (χ0v) is 10.8. The minimum absolute atomic E-state index is 0.363. The molecule has 1 aromatic rings. The number of thiazole rings is 1. The summed E-state index contributed by atoms with van der Waals surface area (Å²) in [5, 5.41) is 3.48. The first kappa shape index (κ1) is 12.0. The Morgan fingerprint density at radius 3 is 3.25 bits per heavy atom. The van der Waals surface area contributed by atoms with Gasteiger partial charge in [-0.3, -0.25) is 4.90 Å². The monoisotopic (exact) mass is 239 g/mol. The van der Waals surface area contributed by atoms with Gasteiger partial charge in [0.15, 0.2) is 0 Å². The zero-order chi connectivity index (χ0) is 11.4. The molecule has 1 fully saturated rings. The number of likely N-dealkylation sites (tertiary alicyclic amines) is 1. The molecule has 3 nitrogen and oxygen atoms in total. The van der Waals surface area contributed by atoms with Crippen molar-refractivity contribution < 1.29 is 0 Å². The number of piperidine rings is 1. The Bertz CT molecular complexity index is 324. The van der Waals surface area contributed by atoms with Crippen molar-refractivity contribution in [3.05, 3.63) is 16.1 Å². The van der Waals surface area contributed by atoms with Crippen LogP contribution >= 0.6 is 11.3 Å². The highest BCUT2D eigenvalue weighted by atomic mass is 32.1. The second kappa shape index (κ2) is 5.75. The van der Waals surface area contributed by atoms with Gasteiger partial charge in [-0.25, -0.2) is 4.98 Å². The van der Waals surface area contributed by atoms with E-state index in [0.717, 1.165) is 19.5 Å². The minimum atomic E-state index is 0.363. The van der Waals surface area contributed by atoms with Crippen LogP contribution < -0.4 is 5.73 Å². The zero-order valence-electron chi connectivity index (χ0n) is 9.98. The van der Waals surface area contributed by atoms with E-state index in [4.69, 9.17) is 5.73 Å². The van der Waals surface area contributed by atoms with E-state index in [1.807, 2.05) is 0 Å². The molecule has 0 aromatic carbocycles. The molecule has 0 saturated carbocycles. The normalized spacial score (nSPS) is 22.5. The summed E-state index contributed by atoms with van der Waals surface area (Å²) >= 11 is 1.79. The van der Waals surface area contributed by atoms with Crippen LogP contribution in [0, 0.1) is 0 Å². The van der Waals surface area contributed by atoms with Crippen LogP contribution in [0.25, 0.3) is 0 Å². The Kier molecular flexibility index (Phi) is 4.32. The van der Waals surface area contributed by atoms with Crippen LogP contribution in [0.3, 0.4) is 0 Å². The first-order valence-corrected chi connectivity index (χ1v) is 7.07. The van der Waals surface area contributed by atoms with Gasteiger partial charge >= 0.3 is 0 Å². The fourth-order valence-electron chi connectivity index (χ4n) is 2.21. The molecule has 0 aliphatic carbocycles. The maximum absolute atomic E-state index is 5.97. The predicted molar refractivity (Wildman–Crippen MR) is 68.6 cm³/mol. The first-order chi connectivity index (χ1) is 7.78. The van der Waals surface area contributed by atoms with Crippen molar-refractivity contribution in [2.75, 3.05) is 13.1 Å². The second-order valence-electron chi connectivity index (χ2n) is 4.62. The molecule has 1 aromatic heterocycles. The van der Waals surface area contributed by atoms with Crippen molar-refractivity contribution in [3.63, 3.8) is 0 Å². The molecule has 0 amide bonds. The standard InChI is InChI=1S/C12H21N3S/c1-2-4-12-14-11(9-16-12)8-15-6-3-5-10(13)7-15/h9-10H,2-8,13H2,1H3. The molecular weight excluding hydrogens is 218 g/mol. The highest BCUT2D eigenvalue weighted by Gasteiger charge is 2.17. The summed E-state index contributed by atoms with van der Waals surface area (Å²) in [7, 11) is 0. The summed E-state index contributed by atoms with van der Waals surface area (Å²) in [6, 6.07) is 0.363. The smallest absolute Gasteiger partial charge is 0.0928 e. The Hall–Kier alpha value is -0.450. The van der Waals surface area contributed by atoms with Crippen molar-refractivity contribution in [1.29, 1.82) is 0 Å². The number of nitrogens with zero attached hydrogens (tertiary/aromatic N) is 2. The largest absolute Gasteiger partial charge is 0.327 e. The summed E-state index contributed by atoms with van der Waals surface area (Å²) in [6.07, 6.45) is 4.70. The van der Waals surface area contributed by atoms with Crippen LogP contribution in [-0.4, -0.2) is 29.0 Å². The van der Waals surface area contributed by atoms with Gasteiger partial charge in [0.2, 0.25) is 0 Å². The molecule has 1 unspecified atom stereocenters. The third-order valence-electron chi connectivity index (χ3n) is 2.99. The molecule has 90 valence electrons. The second-order valence-corrected chi connectivity index (χ2v) is 5.56. The van der Waals surface area contributed by atoms with Gasteiger partial charge in [-0.2, -0.15) is 0 Å². The molecule has 2 N–H and O–H groups in total. The van der Waals surface area contributed by atoms with Gasteiger partial charge in [-0.1, -0.05) is 6.92 Å². The van der Waals surface area contributed by atoms with Crippen LogP contribution in [0.1, 0.15) is 36.9 Å². The Labute approximate surface area is 102 Å². The van der Waals surface area contributed by atoms with E-state index >= 15 is 0 Å².